The van der Waals surface area contributed by atoms with Crippen molar-refractivity contribution in [3.8, 4) is 16.3 Å². The van der Waals surface area contributed by atoms with E-state index in [-0.39, 0.29) is 23.1 Å². The van der Waals surface area contributed by atoms with E-state index in [0.29, 0.717) is 36.1 Å². The van der Waals surface area contributed by atoms with Crippen LogP contribution in [-0.2, 0) is 17.7 Å². The molecule has 162 valence electrons. The smallest absolute Gasteiger partial charge is 0.274 e. The van der Waals surface area contributed by atoms with Gasteiger partial charge in [0.25, 0.3) is 5.91 Å². The van der Waals surface area contributed by atoms with Crippen LogP contribution >= 0.6 is 11.3 Å². The molecule has 0 aliphatic carbocycles. The Hall–Kier alpha value is -3.11. The zero-order chi connectivity index (χ0) is 22.1. The lowest BCUT2D eigenvalue weighted by atomic mass is 10.1. The summed E-state index contributed by atoms with van der Waals surface area (Å²) in [7, 11) is 1.56. The number of hydrogen-bond acceptors (Lipinski definition) is 7. The summed E-state index contributed by atoms with van der Waals surface area (Å²) >= 11 is 1.22. The molecular formula is C21H21FN4O4S. The molecule has 0 bridgehead atoms. The lowest BCUT2D eigenvalue weighted by Gasteiger charge is -2.36. The van der Waals surface area contributed by atoms with Crippen LogP contribution in [0.5, 0.6) is 5.75 Å². The summed E-state index contributed by atoms with van der Waals surface area (Å²) in [4.78, 5) is 27.3. The first-order valence-electron chi connectivity index (χ1n) is 9.76. The van der Waals surface area contributed by atoms with Crippen molar-refractivity contribution < 1.29 is 19.0 Å². The fourth-order valence-corrected chi connectivity index (χ4v) is 4.63. The zero-order valence-corrected chi connectivity index (χ0v) is 17.9. The quantitative estimate of drug-likeness (QED) is 0.627. The number of aromatic hydroxyl groups is 1. The predicted molar refractivity (Wildman–Crippen MR) is 113 cm³/mol. The average molecular weight is 444 g/mol. The summed E-state index contributed by atoms with van der Waals surface area (Å²) in [5, 5.41) is 19.8. The van der Waals surface area contributed by atoms with Gasteiger partial charge < -0.3 is 19.3 Å². The number of likely N-dealkylation sites (N-methyl/N-ethyl adjacent to an activating group) is 1. The van der Waals surface area contributed by atoms with Crippen molar-refractivity contribution in [2.75, 3.05) is 20.3 Å². The Labute approximate surface area is 181 Å². The zero-order valence-electron chi connectivity index (χ0n) is 17.0. The van der Waals surface area contributed by atoms with Gasteiger partial charge in [0.05, 0.1) is 18.2 Å². The number of benzene rings is 1. The molecule has 2 aromatic heterocycles. The second kappa shape index (κ2) is 8.56. The Bertz CT molecular complexity index is 1180. The van der Waals surface area contributed by atoms with E-state index in [1.54, 1.807) is 34.9 Å². The maximum Gasteiger partial charge on any atom is 0.274 e. The molecule has 31 heavy (non-hydrogen) atoms. The van der Waals surface area contributed by atoms with E-state index in [1.165, 1.54) is 23.5 Å². The molecule has 1 amide bonds. The van der Waals surface area contributed by atoms with Crippen molar-refractivity contribution in [1.29, 1.82) is 0 Å². The third-order valence-electron chi connectivity index (χ3n) is 5.23. The van der Waals surface area contributed by atoms with Gasteiger partial charge in [0, 0.05) is 32.8 Å². The summed E-state index contributed by atoms with van der Waals surface area (Å²) in [6.07, 6.45) is 1.99. The number of ether oxygens (including phenoxy) is 1. The van der Waals surface area contributed by atoms with Crippen LogP contribution < -0.4 is 5.43 Å². The van der Waals surface area contributed by atoms with Gasteiger partial charge in [-0.3, -0.25) is 9.59 Å². The molecule has 8 nitrogen and oxygen atoms in total. The van der Waals surface area contributed by atoms with Gasteiger partial charge in [0.2, 0.25) is 5.43 Å². The van der Waals surface area contributed by atoms with Crippen molar-refractivity contribution in [3.63, 3.8) is 0 Å². The van der Waals surface area contributed by atoms with Gasteiger partial charge >= 0.3 is 0 Å². The number of amides is 1. The highest BCUT2D eigenvalue weighted by atomic mass is 32.1. The molecule has 1 aromatic carbocycles. The molecule has 1 N–H and O–H groups in total. The van der Waals surface area contributed by atoms with E-state index in [0.717, 1.165) is 5.56 Å². The number of nitrogens with zero attached hydrogens (tertiary/aromatic N) is 4. The third-order valence-corrected chi connectivity index (χ3v) is 6.19. The molecule has 3 aromatic rings. The minimum absolute atomic E-state index is 0.0287. The monoisotopic (exact) mass is 444 g/mol. The Morgan fingerprint density at radius 1 is 1.26 bits per heavy atom. The van der Waals surface area contributed by atoms with Gasteiger partial charge in [-0.25, -0.2) is 4.39 Å². The van der Waals surface area contributed by atoms with Crippen molar-refractivity contribution in [3.05, 3.63) is 62.8 Å². The Kier molecular flexibility index (Phi) is 5.84. The van der Waals surface area contributed by atoms with Crippen LogP contribution in [0.1, 0.15) is 28.0 Å². The summed E-state index contributed by atoms with van der Waals surface area (Å²) < 4.78 is 19.9. The van der Waals surface area contributed by atoms with E-state index in [2.05, 4.69) is 10.2 Å². The predicted octanol–water partition coefficient (Wildman–Crippen LogP) is 2.29. The summed E-state index contributed by atoms with van der Waals surface area (Å²) in [5.74, 6) is -1.32. The molecule has 3 heterocycles. The first kappa shape index (κ1) is 21.1. The van der Waals surface area contributed by atoms with Gasteiger partial charge in [-0.1, -0.05) is 23.5 Å². The van der Waals surface area contributed by atoms with E-state index >= 15 is 0 Å². The summed E-state index contributed by atoms with van der Waals surface area (Å²) in [6, 6.07) is 5.86. The van der Waals surface area contributed by atoms with Crippen molar-refractivity contribution in [1.82, 2.24) is 19.7 Å². The standard InChI is InChI=1S/C21H21FN4O4S/c1-3-26-14(11-30-2)9-25-10-15(18(27)19(28)17(25)21(26)29)20-24-23-16(31-20)8-12-4-6-13(22)7-5-12/h4-7,10,14,28H,3,8-9,11H2,1-2H3/t14-/m1/s1. The van der Waals surface area contributed by atoms with E-state index < -0.39 is 17.1 Å². The van der Waals surface area contributed by atoms with Crippen LogP contribution in [-0.4, -0.2) is 57.0 Å². The van der Waals surface area contributed by atoms with E-state index in [1.807, 2.05) is 6.92 Å². The first-order valence-corrected chi connectivity index (χ1v) is 10.6. The Morgan fingerprint density at radius 2 is 2.00 bits per heavy atom. The fraction of sp³-hybridized carbons (Fsp3) is 0.333. The molecule has 0 spiro atoms. The number of halogens is 1. The van der Waals surface area contributed by atoms with Crippen LogP contribution in [0.4, 0.5) is 4.39 Å². The molecule has 1 aliphatic heterocycles. The van der Waals surface area contributed by atoms with E-state index in [4.69, 9.17) is 4.74 Å². The normalized spacial score (nSPS) is 15.9. The first-order chi connectivity index (χ1) is 14.9. The number of fused-ring (bicyclic) bond motifs is 1. The number of carbonyl (C=O) groups excluding carboxylic acids is 1. The highest BCUT2D eigenvalue weighted by Crippen LogP contribution is 2.29. The van der Waals surface area contributed by atoms with Crippen LogP contribution in [0.15, 0.2) is 35.3 Å². The van der Waals surface area contributed by atoms with Crippen molar-refractivity contribution >= 4 is 17.2 Å². The van der Waals surface area contributed by atoms with Crippen LogP contribution in [0.2, 0.25) is 0 Å². The highest BCUT2D eigenvalue weighted by Gasteiger charge is 2.35. The Morgan fingerprint density at radius 3 is 2.68 bits per heavy atom. The number of rotatable bonds is 6. The lowest BCUT2D eigenvalue weighted by Crippen LogP contribution is -2.50. The largest absolute Gasteiger partial charge is 0.503 e. The number of pyridine rings is 1. The van der Waals surface area contributed by atoms with Crippen LogP contribution in [0.3, 0.4) is 0 Å². The Balaban J connectivity index is 1.70. The van der Waals surface area contributed by atoms with Gasteiger partial charge in [-0.15, -0.1) is 10.2 Å². The minimum Gasteiger partial charge on any atom is -0.503 e. The van der Waals surface area contributed by atoms with Gasteiger partial charge in [0.15, 0.2) is 16.5 Å². The van der Waals surface area contributed by atoms with Crippen molar-refractivity contribution in [2.24, 2.45) is 0 Å². The molecule has 10 heteroatoms. The summed E-state index contributed by atoms with van der Waals surface area (Å²) in [6.45, 7) is 2.99. The molecule has 1 atom stereocenters. The van der Waals surface area contributed by atoms with Crippen molar-refractivity contribution in [2.45, 2.75) is 25.9 Å². The lowest BCUT2D eigenvalue weighted by molar-refractivity contribution is 0.0423. The highest BCUT2D eigenvalue weighted by molar-refractivity contribution is 7.14. The molecule has 0 fully saturated rings. The third kappa shape index (κ3) is 3.96. The molecule has 4 rings (SSSR count). The van der Waals surface area contributed by atoms with E-state index in [9.17, 15) is 19.1 Å². The maximum absolute atomic E-state index is 13.1. The second-order valence-corrected chi connectivity index (χ2v) is 8.29. The number of methoxy groups -OCH3 is 1. The van der Waals surface area contributed by atoms with Gasteiger partial charge in [-0.05, 0) is 24.6 Å². The number of hydrogen-bond donors (Lipinski definition) is 1. The number of carbonyl (C=O) groups is 1. The molecule has 0 radical (unpaired) electrons. The number of aromatic nitrogens is 3. The van der Waals surface area contributed by atoms with Crippen LogP contribution in [0.25, 0.3) is 10.6 Å². The minimum atomic E-state index is -0.662. The fourth-order valence-electron chi connectivity index (χ4n) is 3.75. The molecule has 0 unspecified atom stereocenters. The maximum atomic E-state index is 13.1. The van der Waals surface area contributed by atoms with Crippen LogP contribution in [0, 0.1) is 5.82 Å². The topological polar surface area (TPSA) is 97.5 Å². The molecule has 0 saturated carbocycles. The molecule has 0 saturated heterocycles. The SMILES string of the molecule is CCN1C(=O)c2c(O)c(=O)c(-c3nnc(Cc4ccc(F)cc4)s3)cn2C[C@@H]1COC. The molecule has 1 aliphatic rings. The second-order valence-electron chi connectivity index (χ2n) is 7.23. The van der Waals surface area contributed by atoms with Gasteiger partial charge in [-0.2, -0.15) is 0 Å². The van der Waals surface area contributed by atoms with Gasteiger partial charge in [0.1, 0.15) is 10.8 Å². The average Bonchev–Trinajstić information content (AvgIpc) is 3.21. The summed E-state index contributed by atoms with van der Waals surface area (Å²) in [5.41, 5.74) is 0.351. The molecular weight excluding hydrogens is 423 g/mol.